The van der Waals surface area contributed by atoms with Crippen LogP contribution < -0.4 is 0 Å². The first-order valence-corrected chi connectivity index (χ1v) is 5.19. The molecule has 0 amide bonds. The fourth-order valence-corrected chi connectivity index (χ4v) is 1.85. The first-order valence-electron chi connectivity index (χ1n) is 5.19. The molecule has 0 atom stereocenters. The largest absolute Gasteiger partial charge is 0.475 e. The van der Waals surface area contributed by atoms with Gasteiger partial charge in [-0.15, -0.1) is 0 Å². The lowest BCUT2D eigenvalue weighted by molar-refractivity contribution is 0.0663. The first-order chi connectivity index (χ1) is 8.06. The van der Waals surface area contributed by atoms with Crippen molar-refractivity contribution in [1.82, 2.24) is 0 Å². The minimum atomic E-state index is -1.32. The third kappa shape index (κ3) is 1.77. The monoisotopic (exact) mass is 240 g/mol. The summed E-state index contributed by atoms with van der Waals surface area (Å²) in [6, 6.07) is 1.89. The Bertz CT molecular complexity index is 587. The van der Waals surface area contributed by atoms with Gasteiger partial charge >= 0.3 is 5.97 Å². The Hall–Kier alpha value is -1.91. The minimum absolute atomic E-state index is 0.0655. The zero-order chi connectivity index (χ0) is 12.6. The number of rotatable bonds is 3. The second-order valence-electron chi connectivity index (χ2n) is 3.70. The summed E-state index contributed by atoms with van der Waals surface area (Å²) in [5.41, 5.74) is -0.113. The molecule has 3 nitrogen and oxygen atoms in total. The molecular weight excluding hydrogens is 230 g/mol. The van der Waals surface area contributed by atoms with E-state index in [1.807, 2.05) is 6.92 Å². The van der Waals surface area contributed by atoms with Crippen molar-refractivity contribution in [3.63, 3.8) is 0 Å². The molecule has 17 heavy (non-hydrogen) atoms. The van der Waals surface area contributed by atoms with Crippen LogP contribution in [0.15, 0.2) is 16.5 Å². The van der Waals surface area contributed by atoms with Crippen LogP contribution in [0.4, 0.5) is 8.78 Å². The topological polar surface area (TPSA) is 50.4 Å². The second kappa shape index (κ2) is 4.16. The number of benzene rings is 1. The summed E-state index contributed by atoms with van der Waals surface area (Å²) in [4.78, 5) is 11.0. The van der Waals surface area contributed by atoms with Crippen LogP contribution in [0.5, 0.6) is 0 Å². The molecule has 0 saturated carbocycles. The number of hydrogen-bond donors (Lipinski definition) is 1. The molecule has 0 spiro atoms. The number of furan rings is 1. The Labute approximate surface area is 95.7 Å². The van der Waals surface area contributed by atoms with Crippen LogP contribution in [0, 0.1) is 11.6 Å². The van der Waals surface area contributed by atoms with E-state index in [1.54, 1.807) is 0 Å². The lowest BCUT2D eigenvalue weighted by Crippen LogP contribution is -1.99. The van der Waals surface area contributed by atoms with E-state index in [9.17, 15) is 13.6 Å². The zero-order valence-electron chi connectivity index (χ0n) is 9.09. The highest BCUT2D eigenvalue weighted by atomic mass is 19.1. The second-order valence-corrected chi connectivity index (χ2v) is 3.70. The number of halogens is 2. The van der Waals surface area contributed by atoms with Crippen molar-refractivity contribution in [2.75, 3.05) is 0 Å². The van der Waals surface area contributed by atoms with E-state index in [0.717, 1.165) is 12.1 Å². The van der Waals surface area contributed by atoms with E-state index < -0.39 is 17.6 Å². The number of aromatic carboxylic acids is 1. The van der Waals surface area contributed by atoms with Gasteiger partial charge in [0.25, 0.3) is 0 Å². The van der Waals surface area contributed by atoms with E-state index in [-0.39, 0.29) is 22.3 Å². The molecule has 5 heteroatoms. The van der Waals surface area contributed by atoms with Gasteiger partial charge < -0.3 is 9.52 Å². The van der Waals surface area contributed by atoms with Crippen molar-refractivity contribution in [2.24, 2.45) is 0 Å². The highest BCUT2D eigenvalue weighted by Gasteiger charge is 2.23. The average molecular weight is 240 g/mol. The molecule has 0 fully saturated rings. The van der Waals surface area contributed by atoms with Gasteiger partial charge in [-0.3, -0.25) is 0 Å². The van der Waals surface area contributed by atoms with Gasteiger partial charge in [0.1, 0.15) is 5.82 Å². The molecule has 0 unspecified atom stereocenters. The van der Waals surface area contributed by atoms with Gasteiger partial charge in [0.15, 0.2) is 11.4 Å². The van der Waals surface area contributed by atoms with Crippen LogP contribution >= 0.6 is 0 Å². The molecule has 0 aliphatic heterocycles. The number of carboxylic acids is 1. The lowest BCUT2D eigenvalue weighted by Gasteiger charge is -1.97. The average Bonchev–Trinajstić information content (AvgIpc) is 2.65. The predicted molar refractivity (Wildman–Crippen MR) is 57.1 cm³/mol. The van der Waals surface area contributed by atoms with Crippen LogP contribution in [-0.4, -0.2) is 11.1 Å². The molecule has 1 aromatic carbocycles. The first kappa shape index (κ1) is 11.6. The Morgan fingerprint density at radius 1 is 1.35 bits per heavy atom. The molecule has 2 rings (SSSR count). The highest BCUT2D eigenvalue weighted by molar-refractivity contribution is 5.95. The van der Waals surface area contributed by atoms with Crippen molar-refractivity contribution in [1.29, 1.82) is 0 Å². The van der Waals surface area contributed by atoms with E-state index in [1.165, 1.54) is 0 Å². The maximum Gasteiger partial charge on any atom is 0.372 e. The van der Waals surface area contributed by atoms with Crippen LogP contribution in [-0.2, 0) is 6.42 Å². The molecule has 1 heterocycles. The van der Waals surface area contributed by atoms with Gasteiger partial charge in [-0.2, -0.15) is 0 Å². The summed E-state index contributed by atoms with van der Waals surface area (Å²) >= 11 is 0. The third-order valence-electron chi connectivity index (χ3n) is 2.53. The number of carboxylic acid groups (broad SMARTS) is 1. The number of hydrogen-bond acceptors (Lipinski definition) is 2. The summed E-state index contributed by atoms with van der Waals surface area (Å²) in [6.07, 6.45) is 0.944. The number of carbonyl (C=O) groups is 1. The van der Waals surface area contributed by atoms with E-state index in [4.69, 9.17) is 9.52 Å². The molecule has 1 aromatic heterocycles. The Kier molecular flexibility index (Phi) is 2.83. The number of fused-ring (bicyclic) bond motifs is 1. The normalized spacial score (nSPS) is 11.0. The predicted octanol–water partition coefficient (Wildman–Crippen LogP) is 3.36. The minimum Gasteiger partial charge on any atom is -0.475 e. The van der Waals surface area contributed by atoms with Crippen LogP contribution in [0.2, 0.25) is 0 Å². The maximum absolute atomic E-state index is 13.6. The fourth-order valence-electron chi connectivity index (χ4n) is 1.85. The van der Waals surface area contributed by atoms with Gasteiger partial charge in [-0.25, -0.2) is 13.6 Å². The molecule has 0 aliphatic rings. The molecule has 0 bridgehead atoms. The Morgan fingerprint density at radius 3 is 2.59 bits per heavy atom. The summed E-state index contributed by atoms with van der Waals surface area (Å²) in [7, 11) is 0. The molecular formula is C12H10F2O3. The smallest absolute Gasteiger partial charge is 0.372 e. The maximum atomic E-state index is 13.6. The van der Waals surface area contributed by atoms with E-state index in [0.29, 0.717) is 12.8 Å². The van der Waals surface area contributed by atoms with Crippen molar-refractivity contribution in [2.45, 2.75) is 19.8 Å². The Balaban J connectivity index is 2.84. The highest BCUT2D eigenvalue weighted by Crippen LogP contribution is 2.31. The summed E-state index contributed by atoms with van der Waals surface area (Å²) in [5.74, 6) is -3.12. The molecule has 2 aromatic rings. The quantitative estimate of drug-likeness (QED) is 0.894. The van der Waals surface area contributed by atoms with Crippen LogP contribution in [0.1, 0.15) is 29.5 Å². The van der Waals surface area contributed by atoms with E-state index in [2.05, 4.69) is 0 Å². The molecule has 0 radical (unpaired) electrons. The van der Waals surface area contributed by atoms with Gasteiger partial charge in [0.05, 0.1) is 5.39 Å². The van der Waals surface area contributed by atoms with Crippen molar-refractivity contribution in [3.05, 3.63) is 35.1 Å². The molecule has 90 valence electrons. The number of aryl methyl sites for hydroxylation is 1. The van der Waals surface area contributed by atoms with Gasteiger partial charge in [0, 0.05) is 5.56 Å². The Morgan fingerprint density at radius 2 is 2.00 bits per heavy atom. The fraction of sp³-hybridized carbons (Fsp3) is 0.250. The molecule has 1 N–H and O–H groups in total. The van der Waals surface area contributed by atoms with Crippen molar-refractivity contribution < 1.29 is 23.1 Å². The lowest BCUT2D eigenvalue weighted by atomic mass is 10.1. The van der Waals surface area contributed by atoms with Gasteiger partial charge in [-0.1, -0.05) is 13.3 Å². The molecule has 0 saturated heterocycles. The zero-order valence-corrected chi connectivity index (χ0v) is 9.09. The third-order valence-corrected chi connectivity index (χ3v) is 2.53. The van der Waals surface area contributed by atoms with Gasteiger partial charge in [0.2, 0.25) is 5.76 Å². The standard InChI is InChI=1S/C12H10F2O3/c1-2-3-6-9-7(13)4-5-8(14)11(9)17-10(6)12(15)16/h4-5H,2-3H2,1H3,(H,15,16). The molecule has 0 aliphatic carbocycles. The van der Waals surface area contributed by atoms with Crippen LogP contribution in [0.3, 0.4) is 0 Å². The summed E-state index contributed by atoms with van der Waals surface area (Å²) in [6.45, 7) is 1.82. The summed E-state index contributed by atoms with van der Waals surface area (Å²) in [5, 5.41) is 8.87. The SMILES string of the molecule is CCCc1c(C(=O)O)oc2c(F)ccc(F)c12. The van der Waals surface area contributed by atoms with Crippen molar-refractivity contribution >= 4 is 16.9 Å². The van der Waals surface area contributed by atoms with Gasteiger partial charge in [-0.05, 0) is 18.6 Å². The van der Waals surface area contributed by atoms with E-state index >= 15 is 0 Å². The van der Waals surface area contributed by atoms with Crippen molar-refractivity contribution in [3.8, 4) is 0 Å². The van der Waals surface area contributed by atoms with Crippen LogP contribution in [0.25, 0.3) is 11.0 Å². The summed E-state index contributed by atoms with van der Waals surface area (Å²) < 4.78 is 31.9.